The lowest BCUT2D eigenvalue weighted by atomic mass is 10.1. The van der Waals surface area contributed by atoms with Crippen LogP contribution in [0.1, 0.15) is 68.2 Å². The highest BCUT2D eigenvalue weighted by Crippen LogP contribution is 2.11. The lowest BCUT2D eigenvalue weighted by Crippen LogP contribution is -1.84. The maximum Gasteiger partial charge on any atom is 0.0585 e. The van der Waals surface area contributed by atoms with E-state index >= 15 is 0 Å². The Morgan fingerprint density at radius 3 is 1.94 bits per heavy atom. The second kappa shape index (κ2) is 12.3. The predicted molar refractivity (Wildman–Crippen MR) is 86.3 cm³/mol. The van der Waals surface area contributed by atoms with E-state index in [0.29, 0.717) is 0 Å². The van der Waals surface area contributed by atoms with Crippen LogP contribution in [0.5, 0.6) is 0 Å². The van der Waals surface area contributed by atoms with Crippen LogP contribution in [0.2, 0.25) is 0 Å². The Kier molecular flexibility index (Phi) is 13.2. The third kappa shape index (κ3) is 13.0. The fourth-order valence-corrected chi connectivity index (χ4v) is 1.35. The van der Waals surface area contributed by atoms with E-state index in [1.165, 1.54) is 11.1 Å². The standard InChI is InChI=1S/C15H25N.C2H6/c1-7-15(16-13(4)5)11-14(6)10-8-9-12(2)3;1-2/h7,9,11H,8,10H2,1-6H3;1-2H3/b14-11+,15-7-;. The molecule has 0 spiro atoms. The van der Waals surface area contributed by atoms with E-state index in [2.05, 4.69) is 44.0 Å². The Morgan fingerprint density at radius 2 is 1.56 bits per heavy atom. The van der Waals surface area contributed by atoms with Crippen molar-refractivity contribution in [2.45, 2.75) is 68.2 Å². The minimum atomic E-state index is 1.06. The number of allylic oxidation sites excluding steroid dienone is 5. The third-order valence-corrected chi connectivity index (χ3v) is 2.13. The van der Waals surface area contributed by atoms with Crippen molar-refractivity contribution in [3.05, 3.63) is 35.1 Å². The fourth-order valence-electron chi connectivity index (χ4n) is 1.35. The average molecular weight is 249 g/mol. The number of hydrogen-bond acceptors (Lipinski definition) is 1. The Labute approximate surface area is 114 Å². The van der Waals surface area contributed by atoms with Crippen LogP contribution in [-0.2, 0) is 0 Å². The van der Waals surface area contributed by atoms with Gasteiger partial charge in [0.2, 0.25) is 0 Å². The summed E-state index contributed by atoms with van der Waals surface area (Å²) >= 11 is 0. The lowest BCUT2D eigenvalue weighted by Gasteiger charge is -2.00. The molecule has 0 saturated heterocycles. The highest BCUT2D eigenvalue weighted by molar-refractivity contribution is 5.80. The van der Waals surface area contributed by atoms with Gasteiger partial charge in [0.25, 0.3) is 0 Å². The second-order valence-electron chi connectivity index (χ2n) is 4.58. The molecule has 0 atom stereocenters. The minimum absolute atomic E-state index is 1.06. The first-order chi connectivity index (χ1) is 8.45. The Bertz CT molecular complexity index is 320. The molecule has 0 aliphatic carbocycles. The largest absolute Gasteiger partial charge is 0.259 e. The molecule has 0 saturated carbocycles. The van der Waals surface area contributed by atoms with Gasteiger partial charge in [-0.25, -0.2) is 0 Å². The van der Waals surface area contributed by atoms with Crippen LogP contribution >= 0.6 is 0 Å². The van der Waals surface area contributed by atoms with Gasteiger partial charge in [0.05, 0.1) is 5.70 Å². The van der Waals surface area contributed by atoms with Crippen LogP contribution in [-0.4, -0.2) is 5.71 Å². The molecule has 0 fully saturated rings. The molecule has 0 aliphatic rings. The van der Waals surface area contributed by atoms with E-state index in [0.717, 1.165) is 24.3 Å². The molecule has 0 unspecified atom stereocenters. The van der Waals surface area contributed by atoms with Gasteiger partial charge in [-0.3, -0.25) is 4.99 Å². The van der Waals surface area contributed by atoms with Gasteiger partial charge in [-0.1, -0.05) is 37.1 Å². The van der Waals surface area contributed by atoms with Gasteiger partial charge in [0.15, 0.2) is 0 Å². The summed E-state index contributed by atoms with van der Waals surface area (Å²) in [5.74, 6) is 0. The van der Waals surface area contributed by atoms with Crippen LogP contribution in [0, 0.1) is 0 Å². The SMILES string of the molecule is C/C=C(/C=C(\C)CCC=C(C)C)N=C(C)C.CC. The van der Waals surface area contributed by atoms with Gasteiger partial charge in [-0.15, -0.1) is 0 Å². The van der Waals surface area contributed by atoms with E-state index in [9.17, 15) is 0 Å². The van der Waals surface area contributed by atoms with E-state index < -0.39 is 0 Å². The number of nitrogens with zero attached hydrogens (tertiary/aromatic N) is 1. The highest BCUT2D eigenvalue weighted by Gasteiger charge is 1.92. The van der Waals surface area contributed by atoms with Gasteiger partial charge in [-0.2, -0.15) is 0 Å². The Morgan fingerprint density at radius 1 is 1.00 bits per heavy atom. The molecule has 0 N–H and O–H groups in total. The molecule has 0 bridgehead atoms. The molecule has 0 aromatic rings. The van der Waals surface area contributed by atoms with Crippen LogP contribution in [0.3, 0.4) is 0 Å². The first-order valence-electron chi connectivity index (χ1n) is 6.94. The topological polar surface area (TPSA) is 12.4 Å². The first-order valence-corrected chi connectivity index (χ1v) is 6.94. The summed E-state index contributed by atoms with van der Waals surface area (Å²) in [6.45, 7) is 16.5. The van der Waals surface area contributed by atoms with Crippen molar-refractivity contribution in [1.29, 1.82) is 0 Å². The molecule has 0 amide bonds. The Hall–Kier alpha value is -1.11. The molecule has 1 heteroatoms. The van der Waals surface area contributed by atoms with Gasteiger partial charge in [0, 0.05) is 5.71 Å². The van der Waals surface area contributed by atoms with Crippen LogP contribution in [0.4, 0.5) is 0 Å². The van der Waals surface area contributed by atoms with E-state index in [4.69, 9.17) is 0 Å². The third-order valence-electron chi connectivity index (χ3n) is 2.13. The quantitative estimate of drug-likeness (QED) is 0.317. The van der Waals surface area contributed by atoms with Crippen molar-refractivity contribution >= 4 is 5.71 Å². The van der Waals surface area contributed by atoms with E-state index in [-0.39, 0.29) is 0 Å². The smallest absolute Gasteiger partial charge is 0.0585 e. The molecule has 18 heavy (non-hydrogen) atoms. The number of aliphatic imine (C=N–C) groups is 1. The van der Waals surface area contributed by atoms with Crippen molar-refractivity contribution in [3.63, 3.8) is 0 Å². The Balaban J connectivity index is 0. The molecule has 0 rings (SSSR count). The zero-order valence-corrected chi connectivity index (χ0v) is 13.6. The van der Waals surface area contributed by atoms with Gasteiger partial charge in [-0.05, 0) is 60.5 Å². The highest BCUT2D eigenvalue weighted by atomic mass is 14.7. The molecule has 0 radical (unpaired) electrons. The van der Waals surface area contributed by atoms with Crippen molar-refractivity contribution < 1.29 is 0 Å². The monoisotopic (exact) mass is 249 g/mol. The molecule has 1 nitrogen and oxygen atoms in total. The maximum atomic E-state index is 4.46. The van der Waals surface area contributed by atoms with Gasteiger partial charge in [0.1, 0.15) is 0 Å². The lowest BCUT2D eigenvalue weighted by molar-refractivity contribution is 0.963. The van der Waals surface area contributed by atoms with Gasteiger partial charge < -0.3 is 0 Å². The van der Waals surface area contributed by atoms with Gasteiger partial charge >= 0.3 is 0 Å². The van der Waals surface area contributed by atoms with Crippen LogP contribution in [0.15, 0.2) is 40.1 Å². The molecular weight excluding hydrogens is 218 g/mol. The summed E-state index contributed by atoms with van der Waals surface area (Å²) in [6, 6.07) is 0. The maximum absolute atomic E-state index is 4.46. The summed E-state index contributed by atoms with van der Waals surface area (Å²) in [5.41, 5.74) is 4.94. The van der Waals surface area contributed by atoms with Crippen LogP contribution < -0.4 is 0 Å². The zero-order valence-electron chi connectivity index (χ0n) is 13.6. The van der Waals surface area contributed by atoms with Crippen LogP contribution in [0.25, 0.3) is 0 Å². The van der Waals surface area contributed by atoms with Crippen molar-refractivity contribution in [2.75, 3.05) is 0 Å². The first kappa shape index (κ1) is 19.2. The summed E-state index contributed by atoms with van der Waals surface area (Å²) < 4.78 is 0. The normalized spacial score (nSPS) is 11.3. The van der Waals surface area contributed by atoms with Crippen molar-refractivity contribution in [2.24, 2.45) is 4.99 Å². The molecule has 0 aromatic carbocycles. The summed E-state index contributed by atoms with van der Waals surface area (Å²) in [7, 11) is 0. The molecular formula is C17H31N. The molecule has 0 aromatic heterocycles. The zero-order chi connectivity index (χ0) is 14.6. The number of hydrogen-bond donors (Lipinski definition) is 0. The van der Waals surface area contributed by atoms with Crippen molar-refractivity contribution in [1.82, 2.24) is 0 Å². The summed E-state index contributed by atoms with van der Waals surface area (Å²) in [4.78, 5) is 4.46. The fraction of sp³-hybridized carbons (Fsp3) is 0.588. The van der Waals surface area contributed by atoms with E-state index in [1.807, 2.05) is 34.6 Å². The average Bonchev–Trinajstić information content (AvgIpc) is 2.29. The molecule has 104 valence electrons. The van der Waals surface area contributed by atoms with E-state index in [1.54, 1.807) is 0 Å². The summed E-state index contributed by atoms with van der Waals surface area (Å²) in [5, 5.41) is 0. The second-order valence-corrected chi connectivity index (χ2v) is 4.58. The minimum Gasteiger partial charge on any atom is -0.259 e. The van der Waals surface area contributed by atoms with Crippen molar-refractivity contribution in [3.8, 4) is 0 Å². The molecule has 0 aliphatic heterocycles. The predicted octanol–water partition coefficient (Wildman–Crippen LogP) is 6.09. The number of rotatable bonds is 5. The molecule has 0 heterocycles. The summed E-state index contributed by atoms with van der Waals surface area (Å²) in [6.07, 6.45) is 8.74.